The molecule has 1 aliphatic carbocycles. The molecule has 0 bridgehead atoms. The molecule has 2 heteroatoms. The fourth-order valence-electron chi connectivity index (χ4n) is 3.42. The summed E-state index contributed by atoms with van der Waals surface area (Å²) in [6.45, 7) is 11.9. The minimum atomic E-state index is 0.625. The maximum absolute atomic E-state index is 3.86. The quantitative estimate of drug-likeness (QED) is 0.718. The molecule has 1 saturated heterocycles. The zero-order valence-corrected chi connectivity index (χ0v) is 10.8. The molecule has 0 aromatic heterocycles. The lowest BCUT2D eigenvalue weighted by Crippen LogP contribution is -2.43. The van der Waals surface area contributed by atoms with Gasteiger partial charge in [-0.15, -0.1) is 6.58 Å². The fourth-order valence-corrected chi connectivity index (χ4v) is 3.42. The minimum absolute atomic E-state index is 0.625. The normalized spacial score (nSPS) is 33.6. The Morgan fingerprint density at radius 3 is 2.94 bits per heavy atom. The average Bonchev–Trinajstić information content (AvgIpc) is 2.81. The smallest absolute Gasteiger partial charge is 0.0226 e. The first-order valence-corrected chi connectivity index (χ1v) is 6.80. The summed E-state index contributed by atoms with van der Waals surface area (Å²) in [6.07, 6.45) is 6.39. The number of hydrogen-bond donors (Lipinski definition) is 1. The lowest BCUT2D eigenvalue weighted by molar-refractivity contribution is 0.204. The van der Waals surface area contributed by atoms with Crippen LogP contribution < -0.4 is 5.32 Å². The summed E-state index contributed by atoms with van der Waals surface area (Å²) in [5.74, 6) is 1.92. The Kier molecular flexibility index (Phi) is 4.04. The molecular formula is C14H26N2. The minimum Gasteiger partial charge on any atom is -0.312 e. The van der Waals surface area contributed by atoms with Crippen molar-refractivity contribution in [1.29, 1.82) is 0 Å². The van der Waals surface area contributed by atoms with Crippen LogP contribution in [0.15, 0.2) is 12.7 Å². The van der Waals surface area contributed by atoms with E-state index in [0.29, 0.717) is 6.04 Å². The van der Waals surface area contributed by atoms with Gasteiger partial charge in [0.15, 0.2) is 0 Å². The summed E-state index contributed by atoms with van der Waals surface area (Å²) in [5.41, 5.74) is 0. The highest BCUT2D eigenvalue weighted by Crippen LogP contribution is 2.37. The van der Waals surface area contributed by atoms with Crippen LogP contribution in [-0.2, 0) is 0 Å². The molecule has 3 atom stereocenters. The molecule has 0 amide bonds. The first kappa shape index (κ1) is 12.1. The number of fused-ring (bicyclic) bond motifs is 1. The van der Waals surface area contributed by atoms with Gasteiger partial charge in [0.2, 0.25) is 0 Å². The predicted octanol–water partition coefficient (Wildman–Crippen LogP) is 2.27. The molecule has 1 saturated carbocycles. The van der Waals surface area contributed by atoms with Crippen molar-refractivity contribution >= 4 is 0 Å². The molecule has 2 rings (SSSR count). The molecule has 2 fully saturated rings. The third-order valence-electron chi connectivity index (χ3n) is 4.40. The number of hydrogen-bond acceptors (Lipinski definition) is 2. The summed E-state index contributed by atoms with van der Waals surface area (Å²) < 4.78 is 0. The van der Waals surface area contributed by atoms with Crippen molar-refractivity contribution in [2.75, 3.05) is 19.6 Å². The van der Waals surface area contributed by atoms with Gasteiger partial charge >= 0.3 is 0 Å². The van der Waals surface area contributed by atoms with Gasteiger partial charge < -0.3 is 5.32 Å². The molecule has 2 nitrogen and oxygen atoms in total. The molecule has 0 radical (unpaired) electrons. The average molecular weight is 222 g/mol. The van der Waals surface area contributed by atoms with Crippen LogP contribution in [0.3, 0.4) is 0 Å². The van der Waals surface area contributed by atoms with E-state index in [-0.39, 0.29) is 0 Å². The van der Waals surface area contributed by atoms with E-state index < -0.39 is 0 Å². The second-order valence-electron chi connectivity index (χ2n) is 5.71. The van der Waals surface area contributed by atoms with Gasteiger partial charge in [-0.3, -0.25) is 4.90 Å². The lowest BCUT2D eigenvalue weighted by atomic mass is 9.93. The standard InChI is InChI=1S/C14H26N2/c1-4-8-16(11(2)3)10-14-13-7-5-6-12(13)9-15-14/h4,11-15H,1,5-10H2,2-3H3. The number of nitrogens with zero attached hydrogens (tertiary/aromatic N) is 1. The van der Waals surface area contributed by atoms with E-state index in [0.717, 1.165) is 24.4 Å². The van der Waals surface area contributed by atoms with Crippen LogP contribution in [0.5, 0.6) is 0 Å². The summed E-state index contributed by atoms with van der Waals surface area (Å²) in [6, 6.07) is 1.36. The molecular weight excluding hydrogens is 196 g/mol. The molecule has 16 heavy (non-hydrogen) atoms. The highest BCUT2D eigenvalue weighted by atomic mass is 15.2. The highest BCUT2D eigenvalue weighted by molar-refractivity contribution is 4.96. The van der Waals surface area contributed by atoms with Crippen molar-refractivity contribution in [2.45, 2.75) is 45.2 Å². The van der Waals surface area contributed by atoms with Crippen molar-refractivity contribution < 1.29 is 0 Å². The Morgan fingerprint density at radius 1 is 1.44 bits per heavy atom. The van der Waals surface area contributed by atoms with Gasteiger partial charge in [-0.2, -0.15) is 0 Å². The topological polar surface area (TPSA) is 15.3 Å². The second kappa shape index (κ2) is 5.33. The Hall–Kier alpha value is -0.340. The first-order chi connectivity index (χ1) is 7.72. The van der Waals surface area contributed by atoms with Gasteiger partial charge in [0, 0.05) is 25.2 Å². The molecule has 1 N–H and O–H groups in total. The van der Waals surface area contributed by atoms with Crippen LogP contribution in [-0.4, -0.2) is 36.6 Å². The van der Waals surface area contributed by atoms with Crippen LogP contribution in [0.25, 0.3) is 0 Å². The monoisotopic (exact) mass is 222 g/mol. The van der Waals surface area contributed by atoms with Crippen molar-refractivity contribution in [3.8, 4) is 0 Å². The van der Waals surface area contributed by atoms with E-state index in [9.17, 15) is 0 Å². The SMILES string of the molecule is C=CCN(CC1NCC2CCCC21)C(C)C. The van der Waals surface area contributed by atoms with Crippen LogP contribution in [0.1, 0.15) is 33.1 Å². The largest absolute Gasteiger partial charge is 0.312 e. The zero-order valence-electron chi connectivity index (χ0n) is 10.8. The molecule has 0 spiro atoms. The van der Waals surface area contributed by atoms with Crippen LogP contribution >= 0.6 is 0 Å². The van der Waals surface area contributed by atoms with Crippen molar-refractivity contribution in [2.24, 2.45) is 11.8 Å². The van der Waals surface area contributed by atoms with E-state index in [4.69, 9.17) is 0 Å². The Morgan fingerprint density at radius 2 is 2.25 bits per heavy atom. The van der Waals surface area contributed by atoms with Gasteiger partial charge in [-0.05, 0) is 45.1 Å². The van der Waals surface area contributed by atoms with Crippen LogP contribution in [0, 0.1) is 11.8 Å². The van der Waals surface area contributed by atoms with E-state index in [1.54, 1.807) is 0 Å². The van der Waals surface area contributed by atoms with E-state index >= 15 is 0 Å². The number of rotatable bonds is 5. The Labute approximate surface area is 100 Å². The number of nitrogens with one attached hydrogen (secondary N) is 1. The van der Waals surface area contributed by atoms with Crippen molar-refractivity contribution in [3.05, 3.63) is 12.7 Å². The summed E-state index contributed by atoms with van der Waals surface area (Å²) in [7, 11) is 0. The summed E-state index contributed by atoms with van der Waals surface area (Å²) in [5, 5.41) is 3.73. The van der Waals surface area contributed by atoms with Crippen molar-refractivity contribution in [1.82, 2.24) is 10.2 Å². The van der Waals surface area contributed by atoms with E-state index in [1.807, 2.05) is 6.08 Å². The summed E-state index contributed by atoms with van der Waals surface area (Å²) in [4.78, 5) is 2.53. The second-order valence-corrected chi connectivity index (χ2v) is 5.71. The Balaban J connectivity index is 1.90. The van der Waals surface area contributed by atoms with Gasteiger partial charge in [0.05, 0.1) is 0 Å². The molecule has 92 valence electrons. The van der Waals surface area contributed by atoms with Crippen LogP contribution in [0.4, 0.5) is 0 Å². The third-order valence-corrected chi connectivity index (χ3v) is 4.40. The fraction of sp³-hybridized carbons (Fsp3) is 0.857. The first-order valence-electron chi connectivity index (χ1n) is 6.80. The molecule has 0 aromatic carbocycles. The summed E-state index contributed by atoms with van der Waals surface area (Å²) >= 11 is 0. The maximum Gasteiger partial charge on any atom is 0.0226 e. The molecule has 2 aliphatic rings. The maximum atomic E-state index is 3.86. The van der Waals surface area contributed by atoms with Gasteiger partial charge in [0.25, 0.3) is 0 Å². The van der Waals surface area contributed by atoms with Gasteiger partial charge in [-0.25, -0.2) is 0 Å². The van der Waals surface area contributed by atoms with Crippen molar-refractivity contribution in [3.63, 3.8) is 0 Å². The molecule has 0 aromatic rings. The lowest BCUT2D eigenvalue weighted by Gasteiger charge is -2.30. The predicted molar refractivity (Wildman–Crippen MR) is 69.5 cm³/mol. The van der Waals surface area contributed by atoms with E-state index in [1.165, 1.54) is 32.4 Å². The highest BCUT2D eigenvalue weighted by Gasteiger charge is 2.39. The molecule has 3 unspecified atom stereocenters. The Bertz CT molecular complexity index is 237. The van der Waals surface area contributed by atoms with Crippen LogP contribution in [0.2, 0.25) is 0 Å². The molecule has 1 heterocycles. The molecule has 1 aliphatic heterocycles. The van der Waals surface area contributed by atoms with E-state index in [2.05, 4.69) is 30.6 Å². The van der Waals surface area contributed by atoms with Gasteiger partial charge in [0.1, 0.15) is 0 Å². The van der Waals surface area contributed by atoms with Gasteiger partial charge in [-0.1, -0.05) is 12.5 Å². The zero-order chi connectivity index (χ0) is 11.5. The third kappa shape index (κ3) is 2.49.